The number of hydrogen-bond donors (Lipinski definition) is 0. The summed E-state index contributed by atoms with van der Waals surface area (Å²) in [5, 5.41) is 7.05. The highest BCUT2D eigenvalue weighted by molar-refractivity contribution is 6.12. The van der Waals surface area contributed by atoms with Crippen molar-refractivity contribution >= 4 is 31.2 Å². The molecule has 3 rings (SSSR count). The summed E-state index contributed by atoms with van der Waals surface area (Å²) in [5.41, 5.74) is 1.07. The zero-order chi connectivity index (χ0) is 23.0. The molecule has 32 heavy (non-hydrogen) atoms. The van der Waals surface area contributed by atoms with Crippen molar-refractivity contribution < 1.29 is 22.6 Å². The Morgan fingerprint density at radius 2 is 2.00 bits per heavy atom. The topological polar surface area (TPSA) is 71.1 Å². The van der Waals surface area contributed by atoms with Gasteiger partial charge in [0.15, 0.2) is 6.61 Å². The summed E-state index contributed by atoms with van der Waals surface area (Å²) >= 11 is 0. The van der Waals surface area contributed by atoms with E-state index in [1.165, 1.54) is 18.5 Å². The molecule has 172 valence electrons. The number of nitrogens with zero attached hydrogens (tertiary/aromatic N) is 5. The molecule has 0 bridgehead atoms. The Balaban J connectivity index is 1.89. The number of aliphatic imine (C=N–C) groups is 2. The first-order chi connectivity index (χ1) is 15.5. The molecule has 0 spiro atoms. The monoisotopic (exact) mass is 449 g/mol. The van der Waals surface area contributed by atoms with Crippen molar-refractivity contribution in [3.8, 4) is 0 Å². The van der Waals surface area contributed by atoms with E-state index in [0.717, 1.165) is 24.8 Å². The van der Waals surface area contributed by atoms with Gasteiger partial charge in [0.05, 0.1) is 30.0 Å². The van der Waals surface area contributed by atoms with Crippen LogP contribution in [0.2, 0.25) is 0 Å². The first-order valence-electron chi connectivity index (χ1n) is 10.3. The summed E-state index contributed by atoms with van der Waals surface area (Å²) in [6, 6.07) is 5.02. The van der Waals surface area contributed by atoms with Crippen LogP contribution in [0.1, 0.15) is 24.8 Å². The molecular formula is C22H26F3N5O2. The minimum atomic E-state index is -2.68. The molecule has 1 saturated heterocycles. The van der Waals surface area contributed by atoms with Gasteiger partial charge >= 0.3 is 0 Å². The van der Waals surface area contributed by atoms with Crippen LogP contribution in [0.25, 0.3) is 0 Å². The maximum atomic E-state index is 14.6. The first-order valence-corrected chi connectivity index (χ1v) is 10.3. The Hall–Kier alpha value is -3.01. The van der Waals surface area contributed by atoms with Crippen molar-refractivity contribution in [3.63, 3.8) is 0 Å². The van der Waals surface area contributed by atoms with Crippen molar-refractivity contribution in [2.24, 2.45) is 20.2 Å². The van der Waals surface area contributed by atoms with E-state index in [2.05, 4.69) is 28.6 Å². The lowest BCUT2D eigenvalue weighted by molar-refractivity contribution is 0.0766. The summed E-state index contributed by atoms with van der Waals surface area (Å²) in [5.74, 6) is -0.476. The number of anilines is 1. The largest absolute Gasteiger partial charge is 0.470 e. The third-order valence-corrected chi connectivity index (χ3v) is 5.45. The average molecular weight is 449 g/mol. The van der Waals surface area contributed by atoms with Crippen molar-refractivity contribution in [3.05, 3.63) is 41.4 Å². The molecule has 0 amide bonds. The van der Waals surface area contributed by atoms with Crippen LogP contribution in [0.15, 0.2) is 50.2 Å². The van der Waals surface area contributed by atoms with Gasteiger partial charge in [-0.2, -0.15) is 5.10 Å². The molecule has 1 aromatic rings. The lowest BCUT2D eigenvalue weighted by Crippen LogP contribution is -2.37. The number of benzene rings is 1. The van der Waals surface area contributed by atoms with Crippen LogP contribution in [0.5, 0.6) is 0 Å². The van der Waals surface area contributed by atoms with E-state index in [0.29, 0.717) is 32.0 Å². The molecule has 0 N–H and O–H groups in total. The van der Waals surface area contributed by atoms with Gasteiger partial charge in [0, 0.05) is 32.2 Å². The van der Waals surface area contributed by atoms with E-state index in [-0.39, 0.29) is 17.3 Å². The molecule has 1 aliphatic carbocycles. The molecule has 0 aromatic heterocycles. The molecule has 0 unspecified atom stereocenters. The van der Waals surface area contributed by atoms with E-state index < -0.39 is 18.6 Å². The van der Waals surface area contributed by atoms with E-state index >= 15 is 0 Å². The zero-order valence-corrected chi connectivity index (χ0v) is 17.7. The summed E-state index contributed by atoms with van der Waals surface area (Å²) < 4.78 is 50.2. The number of hydrogen-bond acceptors (Lipinski definition) is 7. The number of rotatable bonds is 9. The standard InChI is InChI=1S/C22H26F3N5O2/c1-26-13-16(21(29-27-2)32-15-20(24)25)14-28-22(6-3-7-22)17-4-5-18(23)19(12-17)30-8-10-31-11-9-30/h4-5,12-14,20H,1-3,6-11,15H2/b16-13+,28-14?,29-21-. The van der Waals surface area contributed by atoms with Crippen LogP contribution >= 0.6 is 0 Å². The smallest absolute Gasteiger partial charge is 0.272 e. The predicted molar refractivity (Wildman–Crippen MR) is 120 cm³/mol. The fraction of sp³-hybridized carbons (Fsp3) is 0.455. The number of morpholine rings is 1. The third kappa shape index (κ3) is 5.61. The second-order valence-corrected chi connectivity index (χ2v) is 7.42. The van der Waals surface area contributed by atoms with Gasteiger partial charge in [0.1, 0.15) is 5.82 Å². The number of alkyl halides is 2. The Kier molecular flexibility index (Phi) is 8.15. The van der Waals surface area contributed by atoms with E-state index in [1.54, 1.807) is 6.07 Å². The fourth-order valence-corrected chi connectivity index (χ4v) is 3.66. The van der Waals surface area contributed by atoms with Gasteiger partial charge in [-0.3, -0.25) is 9.98 Å². The maximum Gasteiger partial charge on any atom is 0.272 e. The van der Waals surface area contributed by atoms with Crippen molar-refractivity contribution in [1.29, 1.82) is 0 Å². The summed E-state index contributed by atoms with van der Waals surface area (Å²) in [4.78, 5) is 10.4. The number of ether oxygens (including phenoxy) is 2. The maximum absolute atomic E-state index is 14.6. The minimum Gasteiger partial charge on any atom is -0.470 e. The molecular weight excluding hydrogens is 423 g/mol. The van der Waals surface area contributed by atoms with Crippen molar-refractivity contribution in [2.75, 3.05) is 37.8 Å². The van der Waals surface area contributed by atoms with Crippen molar-refractivity contribution in [1.82, 2.24) is 0 Å². The van der Waals surface area contributed by atoms with Crippen LogP contribution < -0.4 is 4.90 Å². The highest BCUT2D eigenvalue weighted by Crippen LogP contribution is 2.46. The normalized spacial score (nSPS) is 19.2. The van der Waals surface area contributed by atoms with Crippen LogP contribution in [0, 0.1) is 5.82 Å². The average Bonchev–Trinajstić information content (AvgIpc) is 2.76. The lowest BCUT2D eigenvalue weighted by Gasteiger charge is -2.39. The van der Waals surface area contributed by atoms with Gasteiger partial charge in [0.2, 0.25) is 5.90 Å². The molecule has 1 aromatic carbocycles. The van der Waals surface area contributed by atoms with E-state index in [9.17, 15) is 13.2 Å². The summed E-state index contributed by atoms with van der Waals surface area (Å²) in [7, 11) is 0. The Morgan fingerprint density at radius 1 is 1.25 bits per heavy atom. The quantitative estimate of drug-likeness (QED) is 0.325. The molecule has 2 aliphatic rings. The molecule has 10 heteroatoms. The molecule has 1 saturated carbocycles. The van der Waals surface area contributed by atoms with Gasteiger partial charge in [-0.25, -0.2) is 13.2 Å². The van der Waals surface area contributed by atoms with Gasteiger partial charge in [-0.15, -0.1) is 5.10 Å². The van der Waals surface area contributed by atoms with Crippen LogP contribution in [-0.2, 0) is 15.0 Å². The SMILES string of the molecule is C=N/C=C(C=NC1(c2ccc(F)c(N3CCOCC3)c2)CCC1)/C(=N/N=C)OCC(F)F. The second kappa shape index (κ2) is 11.0. The van der Waals surface area contributed by atoms with Crippen molar-refractivity contribution in [2.45, 2.75) is 31.2 Å². The Bertz CT molecular complexity index is 907. The first kappa shape index (κ1) is 23.6. The van der Waals surface area contributed by atoms with Gasteiger partial charge in [-0.05, 0) is 43.7 Å². The molecule has 1 heterocycles. The van der Waals surface area contributed by atoms with E-state index in [1.807, 2.05) is 11.0 Å². The summed E-state index contributed by atoms with van der Waals surface area (Å²) in [6.45, 7) is 8.11. The predicted octanol–water partition coefficient (Wildman–Crippen LogP) is 3.99. The molecule has 0 atom stereocenters. The highest BCUT2D eigenvalue weighted by atomic mass is 19.3. The zero-order valence-electron chi connectivity index (χ0n) is 17.7. The Labute approximate surface area is 185 Å². The third-order valence-electron chi connectivity index (χ3n) is 5.45. The van der Waals surface area contributed by atoms with Crippen LogP contribution in [0.4, 0.5) is 18.9 Å². The lowest BCUT2D eigenvalue weighted by atomic mass is 9.72. The van der Waals surface area contributed by atoms with Gasteiger partial charge in [-0.1, -0.05) is 6.07 Å². The number of halogens is 3. The van der Waals surface area contributed by atoms with Gasteiger partial charge in [0.25, 0.3) is 6.43 Å². The Morgan fingerprint density at radius 3 is 2.59 bits per heavy atom. The minimum absolute atomic E-state index is 0.181. The molecule has 0 radical (unpaired) electrons. The second-order valence-electron chi connectivity index (χ2n) is 7.42. The fourth-order valence-electron chi connectivity index (χ4n) is 3.66. The summed E-state index contributed by atoms with van der Waals surface area (Å²) in [6.07, 6.45) is 2.55. The molecule has 2 fully saturated rings. The highest BCUT2D eigenvalue weighted by Gasteiger charge is 2.39. The van der Waals surface area contributed by atoms with Crippen LogP contribution in [-0.4, -0.2) is 64.9 Å². The van der Waals surface area contributed by atoms with E-state index in [4.69, 9.17) is 14.5 Å². The van der Waals surface area contributed by atoms with Gasteiger partial charge < -0.3 is 14.4 Å². The molecule has 7 nitrogen and oxygen atoms in total. The van der Waals surface area contributed by atoms with Crippen LogP contribution in [0.3, 0.4) is 0 Å². The molecule has 1 aliphatic heterocycles.